The minimum absolute atomic E-state index is 0.0311. The fourth-order valence-electron chi connectivity index (χ4n) is 4.06. The molecular formula is C19H22N4OS. The lowest BCUT2D eigenvalue weighted by atomic mass is 10.00. The summed E-state index contributed by atoms with van der Waals surface area (Å²) in [6.07, 6.45) is 5.71. The zero-order chi connectivity index (χ0) is 17.3. The highest BCUT2D eigenvalue weighted by atomic mass is 32.1. The molecule has 1 saturated carbocycles. The van der Waals surface area contributed by atoms with Crippen LogP contribution in [0.25, 0.3) is 10.2 Å². The molecule has 0 radical (unpaired) electrons. The summed E-state index contributed by atoms with van der Waals surface area (Å²) >= 11 is 1.73. The summed E-state index contributed by atoms with van der Waals surface area (Å²) in [6, 6.07) is 10.7. The van der Waals surface area contributed by atoms with Crippen molar-refractivity contribution in [3.05, 3.63) is 29.3 Å². The fraction of sp³-hybridized carbons (Fsp3) is 0.526. The highest BCUT2D eigenvalue weighted by molar-refractivity contribution is 7.18. The van der Waals surface area contributed by atoms with Crippen LogP contribution in [0, 0.1) is 11.3 Å². The number of para-hydroxylation sites is 1. The number of likely N-dealkylation sites (tertiary alicyclic amines) is 1. The highest BCUT2D eigenvalue weighted by Crippen LogP contribution is 2.36. The predicted molar refractivity (Wildman–Crippen MR) is 98.1 cm³/mol. The van der Waals surface area contributed by atoms with Gasteiger partial charge in [-0.15, -0.1) is 11.3 Å². The van der Waals surface area contributed by atoms with E-state index in [4.69, 9.17) is 4.98 Å². The number of thiazole rings is 1. The van der Waals surface area contributed by atoms with Crippen molar-refractivity contribution in [3.63, 3.8) is 0 Å². The van der Waals surface area contributed by atoms with Gasteiger partial charge < -0.3 is 5.32 Å². The van der Waals surface area contributed by atoms with Gasteiger partial charge in [-0.2, -0.15) is 5.26 Å². The quantitative estimate of drug-likeness (QED) is 0.914. The molecule has 0 spiro atoms. The van der Waals surface area contributed by atoms with Crippen molar-refractivity contribution in [2.24, 2.45) is 0 Å². The Hall–Kier alpha value is -1.97. The minimum atomic E-state index is -0.637. The summed E-state index contributed by atoms with van der Waals surface area (Å²) in [6.45, 7) is 1.26. The monoisotopic (exact) mass is 354 g/mol. The first kappa shape index (κ1) is 16.5. The zero-order valence-electron chi connectivity index (χ0n) is 14.2. The Labute approximate surface area is 151 Å². The van der Waals surface area contributed by atoms with Crippen molar-refractivity contribution in [2.45, 2.75) is 50.1 Å². The van der Waals surface area contributed by atoms with Crippen molar-refractivity contribution in [1.82, 2.24) is 15.2 Å². The van der Waals surface area contributed by atoms with E-state index in [0.717, 1.165) is 55.6 Å². The molecule has 130 valence electrons. The molecule has 0 bridgehead atoms. The molecule has 5 nitrogen and oxygen atoms in total. The van der Waals surface area contributed by atoms with Crippen LogP contribution in [0.5, 0.6) is 0 Å². The molecular weight excluding hydrogens is 332 g/mol. The number of amides is 1. The molecule has 1 saturated heterocycles. The van der Waals surface area contributed by atoms with Crippen molar-refractivity contribution in [3.8, 4) is 6.07 Å². The summed E-state index contributed by atoms with van der Waals surface area (Å²) in [7, 11) is 0. The Kier molecular flexibility index (Phi) is 4.45. The molecule has 1 aromatic carbocycles. The van der Waals surface area contributed by atoms with Gasteiger partial charge in [0.15, 0.2) is 0 Å². The third kappa shape index (κ3) is 3.26. The molecule has 4 rings (SSSR count). The SMILES string of the molecule is N#CC1(NC(=O)CN2CCC[C@@H]2c2nc3ccccc3s2)CCCC1. The second kappa shape index (κ2) is 6.74. The molecule has 25 heavy (non-hydrogen) atoms. The predicted octanol–water partition coefficient (Wildman–Crippen LogP) is 3.39. The van der Waals surface area contributed by atoms with Crippen LogP contribution in [0.15, 0.2) is 24.3 Å². The van der Waals surface area contributed by atoms with Gasteiger partial charge in [0, 0.05) is 0 Å². The average Bonchev–Trinajstić information content (AvgIpc) is 3.33. The van der Waals surface area contributed by atoms with Crippen molar-refractivity contribution >= 4 is 27.5 Å². The standard InChI is InChI=1S/C19H22N4OS/c20-13-19(9-3-4-10-19)22-17(24)12-23-11-5-7-15(23)18-21-14-6-1-2-8-16(14)25-18/h1-2,6,8,15H,3-5,7,9-12H2,(H,22,24)/t15-/m1/s1. The molecule has 1 N–H and O–H groups in total. The van der Waals surface area contributed by atoms with Crippen LogP contribution in [-0.4, -0.2) is 34.4 Å². The largest absolute Gasteiger partial charge is 0.337 e. The number of rotatable bonds is 4. The average molecular weight is 354 g/mol. The van der Waals surface area contributed by atoms with Crippen molar-refractivity contribution in [2.75, 3.05) is 13.1 Å². The lowest BCUT2D eigenvalue weighted by Gasteiger charge is -2.26. The molecule has 1 aliphatic carbocycles. The van der Waals surface area contributed by atoms with E-state index in [2.05, 4.69) is 22.4 Å². The smallest absolute Gasteiger partial charge is 0.235 e. The number of hydrogen-bond donors (Lipinski definition) is 1. The van der Waals surface area contributed by atoms with E-state index in [1.807, 2.05) is 18.2 Å². The van der Waals surface area contributed by atoms with Crippen molar-refractivity contribution in [1.29, 1.82) is 5.26 Å². The molecule has 1 aromatic heterocycles. The summed E-state index contributed by atoms with van der Waals surface area (Å²) in [5.74, 6) is -0.0311. The first-order chi connectivity index (χ1) is 12.2. The van der Waals surface area contributed by atoms with Gasteiger partial charge in [-0.3, -0.25) is 9.69 Å². The first-order valence-electron chi connectivity index (χ1n) is 9.01. The highest BCUT2D eigenvalue weighted by Gasteiger charge is 2.37. The van der Waals surface area contributed by atoms with Crippen LogP contribution in [0.1, 0.15) is 49.6 Å². The van der Waals surface area contributed by atoms with Crippen LogP contribution in [-0.2, 0) is 4.79 Å². The van der Waals surface area contributed by atoms with Crippen LogP contribution < -0.4 is 5.32 Å². The zero-order valence-corrected chi connectivity index (χ0v) is 15.0. The Bertz CT molecular complexity index is 785. The number of nitrogens with one attached hydrogen (secondary N) is 1. The molecule has 0 unspecified atom stereocenters. The van der Waals surface area contributed by atoms with E-state index in [0.29, 0.717) is 6.54 Å². The second-order valence-electron chi connectivity index (χ2n) is 7.10. The molecule has 1 amide bonds. The number of aromatic nitrogens is 1. The fourth-order valence-corrected chi connectivity index (χ4v) is 5.20. The van der Waals surface area contributed by atoms with Gasteiger partial charge in [-0.05, 0) is 57.2 Å². The maximum absolute atomic E-state index is 12.5. The summed E-state index contributed by atoms with van der Waals surface area (Å²) in [4.78, 5) is 19.5. The Morgan fingerprint density at radius 1 is 1.36 bits per heavy atom. The number of fused-ring (bicyclic) bond motifs is 1. The van der Waals surface area contributed by atoms with Crippen LogP contribution in [0.4, 0.5) is 0 Å². The van der Waals surface area contributed by atoms with E-state index in [1.54, 1.807) is 11.3 Å². The van der Waals surface area contributed by atoms with Gasteiger partial charge in [-0.1, -0.05) is 12.1 Å². The molecule has 6 heteroatoms. The van der Waals surface area contributed by atoms with Crippen LogP contribution >= 0.6 is 11.3 Å². The van der Waals surface area contributed by atoms with Crippen LogP contribution in [0.3, 0.4) is 0 Å². The Balaban J connectivity index is 1.46. The Morgan fingerprint density at radius 3 is 2.92 bits per heavy atom. The number of carbonyl (C=O) groups excluding carboxylic acids is 1. The van der Waals surface area contributed by atoms with Crippen molar-refractivity contribution < 1.29 is 4.79 Å². The lowest BCUT2D eigenvalue weighted by Crippen LogP contribution is -2.48. The molecule has 1 atom stereocenters. The van der Waals surface area contributed by atoms with Crippen LogP contribution in [0.2, 0.25) is 0 Å². The van der Waals surface area contributed by atoms with Gasteiger partial charge in [0.25, 0.3) is 0 Å². The summed E-state index contributed by atoms with van der Waals surface area (Å²) in [5.41, 5.74) is 0.399. The number of nitrogens with zero attached hydrogens (tertiary/aromatic N) is 3. The maximum atomic E-state index is 12.5. The second-order valence-corrected chi connectivity index (χ2v) is 8.16. The van der Waals surface area contributed by atoms with Gasteiger partial charge in [0.05, 0.1) is 28.9 Å². The number of carbonyl (C=O) groups is 1. The molecule has 2 aromatic rings. The van der Waals surface area contributed by atoms with E-state index in [9.17, 15) is 10.1 Å². The lowest BCUT2D eigenvalue weighted by molar-refractivity contribution is -0.123. The minimum Gasteiger partial charge on any atom is -0.337 e. The number of hydrogen-bond acceptors (Lipinski definition) is 5. The molecule has 2 fully saturated rings. The first-order valence-corrected chi connectivity index (χ1v) is 9.83. The van der Waals surface area contributed by atoms with Gasteiger partial charge >= 0.3 is 0 Å². The summed E-state index contributed by atoms with van der Waals surface area (Å²) < 4.78 is 1.20. The molecule has 1 aliphatic heterocycles. The van der Waals surface area contributed by atoms with Gasteiger partial charge in [0.2, 0.25) is 5.91 Å². The van der Waals surface area contributed by atoms with Gasteiger partial charge in [-0.25, -0.2) is 4.98 Å². The molecule has 2 aliphatic rings. The normalized spacial score (nSPS) is 22.9. The van der Waals surface area contributed by atoms with Gasteiger partial charge in [0.1, 0.15) is 10.5 Å². The van der Waals surface area contributed by atoms with E-state index in [-0.39, 0.29) is 11.9 Å². The summed E-state index contributed by atoms with van der Waals surface area (Å²) in [5, 5.41) is 13.6. The van der Waals surface area contributed by atoms with E-state index >= 15 is 0 Å². The van der Waals surface area contributed by atoms with E-state index < -0.39 is 5.54 Å². The third-order valence-corrected chi connectivity index (χ3v) is 6.49. The molecule has 2 heterocycles. The number of benzene rings is 1. The van der Waals surface area contributed by atoms with E-state index in [1.165, 1.54) is 4.70 Å². The number of nitriles is 1. The third-order valence-electron chi connectivity index (χ3n) is 5.36. The maximum Gasteiger partial charge on any atom is 0.235 e. The Morgan fingerprint density at radius 2 is 2.16 bits per heavy atom. The topological polar surface area (TPSA) is 69.0 Å².